The van der Waals surface area contributed by atoms with Gasteiger partial charge in [0.25, 0.3) is 11.5 Å². The minimum Gasteiger partial charge on any atom is -0.353 e. The van der Waals surface area contributed by atoms with Gasteiger partial charge in [0, 0.05) is 54.8 Å². The summed E-state index contributed by atoms with van der Waals surface area (Å²) in [6.45, 7) is 1.91. The highest BCUT2D eigenvalue weighted by molar-refractivity contribution is 5.95. The lowest BCUT2D eigenvalue weighted by Gasteiger charge is -2.09. The van der Waals surface area contributed by atoms with E-state index in [9.17, 15) is 19.2 Å². The molecule has 0 atom stereocenters. The van der Waals surface area contributed by atoms with Gasteiger partial charge in [-0.05, 0) is 42.5 Å². The second kappa shape index (κ2) is 11.3. The Hall–Kier alpha value is -4.34. The second-order valence-electron chi connectivity index (χ2n) is 7.04. The van der Waals surface area contributed by atoms with Crippen molar-refractivity contribution in [1.29, 1.82) is 0 Å². The summed E-state index contributed by atoms with van der Waals surface area (Å²) >= 11 is 0. The van der Waals surface area contributed by atoms with E-state index in [0.717, 1.165) is 10.2 Å². The number of pyridine rings is 1. The van der Waals surface area contributed by atoms with E-state index in [4.69, 9.17) is 0 Å². The van der Waals surface area contributed by atoms with E-state index in [0.29, 0.717) is 23.4 Å². The maximum Gasteiger partial charge on any atom is 0.267 e. The van der Waals surface area contributed by atoms with Gasteiger partial charge in [-0.3, -0.25) is 24.2 Å². The number of hydrogen-bond donors (Lipinski definition) is 3. The molecule has 3 rings (SSSR count). The van der Waals surface area contributed by atoms with Crippen molar-refractivity contribution in [2.24, 2.45) is 0 Å². The van der Waals surface area contributed by atoms with Crippen LogP contribution >= 0.6 is 0 Å². The lowest BCUT2D eigenvalue weighted by Crippen LogP contribution is -2.38. The molecule has 2 aromatic heterocycles. The fourth-order valence-corrected chi connectivity index (χ4v) is 2.87. The molecule has 0 fully saturated rings. The van der Waals surface area contributed by atoms with E-state index in [1.807, 2.05) is 0 Å². The Balaban J connectivity index is 1.46. The van der Waals surface area contributed by atoms with Gasteiger partial charge in [-0.15, -0.1) is 0 Å². The molecule has 10 heteroatoms. The molecule has 0 aliphatic carbocycles. The standard InChI is InChI=1S/C23H24N6O4/c1-2-20(30)27-18-5-3-17(4-6-18)23(33)26-14-13-25-21(31)15-29-22(32)8-7-19(28-29)16-9-11-24-12-10-16/h3-12H,2,13-15H2,1H3,(H,25,31)(H,26,33)(H,27,30). The van der Waals surface area contributed by atoms with Crippen molar-refractivity contribution in [2.45, 2.75) is 19.9 Å². The molecule has 2 heterocycles. The average Bonchev–Trinajstić information content (AvgIpc) is 2.84. The highest BCUT2D eigenvalue weighted by Gasteiger charge is 2.09. The summed E-state index contributed by atoms with van der Waals surface area (Å²) in [7, 11) is 0. The molecular formula is C23H24N6O4. The topological polar surface area (TPSA) is 135 Å². The van der Waals surface area contributed by atoms with Gasteiger partial charge in [0.2, 0.25) is 11.8 Å². The number of hydrogen-bond acceptors (Lipinski definition) is 6. The van der Waals surface area contributed by atoms with Crippen molar-refractivity contribution >= 4 is 23.4 Å². The third-order valence-corrected chi connectivity index (χ3v) is 4.62. The molecule has 170 valence electrons. The number of nitrogens with zero attached hydrogens (tertiary/aromatic N) is 3. The molecule has 3 aromatic rings. The van der Waals surface area contributed by atoms with E-state index in [1.54, 1.807) is 61.8 Å². The summed E-state index contributed by atoms with van der Waals surface area (Å²) in [5, 5.41) is 12.3. The van der Waals surface area contributed by atoms with Crippen LogP contribution in [0.2, 0.25) is 0 Å². The average molecular weight is 448 g/mol. The third-order valence-electron chi connectivity index (χ3n) is 4.62. The minimum atomic E-state index is -0.401. The molecule has 0 saturated carbocycles. The van der Waals surface area contributed by atoms with Gasteiger partial charge in [0.1, 0.15) is 6.54 Å². The normalized spacial score (nSPS) is 10.3. The first-order valence-corrected chi connectivity index (χ1v) is 10.4. The van der Waals surface area contributed by atoms with Crippen molar-refractivity contribution in [3.8, 4) is 11.3 Å². The molecule has 0 aliphatic rings. The first-order valence-electron chi connectivity index (χ1n) is 10.4. The van der Waals surface area contributed by atoms with Gasteiger partial charge in [0.05, 0.1) is 5.69 Å². The second-order valence-corrected chi connectivity index (χ2v) is 7.04. The van der Waals surface area contributed by atoms with Gasteiger partial charge < -0.3 is 16.0 Å². The van der Waals surface area contributed by atoms with Gasteiger partial charge in [-0.25, -0.2) is 4.68 Å². The van der Waals surface area contributed by atoms with Crippen LogP contribution in [0.3, 0.4) is 0 Å². The van der Waals surface area contributed by atoms with Gasteiger partial charge >= 0.3 is 0 Å². The third kappa shape index (κ3) is 6.82. The van der Waals surface area contributed by atoms with Crippen molar-refractivity contribution in [2.75, 3.05) is 18.4 Å². The van der Waals surface area contributed by atoms with Gasteiger partial charge in [-0.2, -0.15) is 5.10 Å². The Morgan fingerprint density at radius 3 is 2.27 bits per heavy atom. The van der Waals surface area contributed by atoms with Crippen molar-refractivity contribution in [1.82, 2.24) is 25.4 Å². The molecule has 3 amide bonds. The van der Waals surface area contributed by atoms with Crippen LogP contribution in [0, 0.1) is 0 Å². The Labute approximate surface area is 190 Å². The van der Waals surface area contributed by atoms with E-state index in [-0.39, 0.29) is 31.4 Å². The number of benzene rings is 1. The Morgan fingerprint density at radius 2 is 1.58 bits per heavy atom. The molecule has 0 unspecified atom stereocenters. The summed E-state index contributed by atoms with van der Waals surface area (Å²) < 4.78 is 1.09. The fraction of sp³-hybridized carbons (Fsp3) is 0.217. The van der Waals surface area contributed by atoms with Gasteiger partial charge in [-0.1, -0.05) is 6.92 Å². The van der Waals surface area contributed by atoms with E-state index >= 15 is 0 Å². The maximum atomic E-state index is 12.2. The maximum absolute atomic E-state index is 12.2. The number of rotatable bonds is 9. The van der Waals surface area contributed by atoms with Crippen molar-refractivity contribution < 1.29 is 14.4 Å². The van der Waals surface area contributed by atoms with Gasteiger partial charge in [0.15, 0.2) is 0 Å². The SMILES string of the molecule is CCC(=O)Nc1ccc(C(=O)NCCNC(=O)Cn2nc(-c3ccncc3)ccc2=O)cc1. The summed E-state index contributed by atoms with van der Waals surface area (Å²) in [6.07, 6.45) is 3.60. The van der Waals surface area contributed by atoms with Crippen LogP contribution in [-0.4, -0.2) is 45.6 Å². The summed E-state index contributed by atoms with van der Waals surface area (Å²) in [5.74, 6) is -0.813. The van der Waals surface area contributed by atoms with E-state index < -0.39 is 11.5 Å². The molecule has 1 aromatic carbocycles. The largest absolute Gasteiger partial charge is 0.353 e. The summed E-state index contributed by atoms with van der Waals surface area (Å²) in [4.78, 5) is 51.8. The quantitative estimate of drug-likeness (QED) is 0.421. The van der Waals surface area contributed by atoms with Crippen LogP contribution in [0.4, 0.5) is 5.69 Å². The Morgan fingerprint density at radius 1 is 0.879 bits per heavy atom. The summed E-state index contributed by atoms with van der Waals surface area (Å²) in [6, 6.07) is 13.0. The van der Waals surface area contributed by atoms with Crippen LogP contribution < -0.4 is 21.5 Å². The molecular weight excluding hydrogens is 424 g/mol. The van der Waals surface area contributed by atoms with Crippen LogP contribution in [0.15, 0.2) is 65.7 Å². The minimum absolute atomic E-state index is 0.107. The highest BCUT2D eigenvalue weighted by atomic mass is 16.2. The molecule has 0 radical (unpaired) electrons. The molecule has 10 nitrogen and oxygen atoms in total. The lowest BCUT2D eigenvalue weighted by molar-refractivity contribution is -0.122. The number of amides is 3. The number of carbonyl (C=O) groups excluding carboxylic acids is 3. The Bertz CT molecular complexity index is 1180. The molecule has 33 heavy (non-hydrogen) atoms. The smallest absolute Gasteiger partial charge is 0.267 e. The first kappa shape index (κ1) is 23.3. The highest BCUT2D eigenvalue weighted by Crippen LogP contribution is 2.13. The number of carbonyl (C=O) groups is 3. The lowest BCUT2D eigenvalue weighted by atomic mass is 10.2. The number of anilines is 1. The van der Waals surface area contributed by atoms with Crippen LogP contribution in [0.5, 0.6) is 0 Å². The van der Waals surface area contributed by atoms with Crippen molar-refractivity contribution in [3.63, 3.8) is 0 Å². The molecule has 0 bridgehead atoms. The molecule has 0 saturated heterocycles. The zero-order chi connectivity index (χ0) is 23.6. The van der Waals surface area contributed by atoms with Crippen LogP contribution in [0.25, 0.3) is 11.3 Å². The molecule has 0 aliphatic heterocycles. The fourth-order valence-electron chi connectivity index (χ4n) is 2.87. The van der Waals surface area contributed by atoms with E-state index in [2.05, 4.69) is 26.0 Å². The molecule has 0 spiro atoms. The predicted molar refractivity (Wildman–Crippen MR) is 122 cm³/mol. The van der Waals surface area contributed by atoms with Crippen LogP contribution in [-0.2, 0) is 16.1 Å². The van der Waals surface area contributed by atoms with E-state index in [1.165, 1.54) is 6.07 Å². The molecule has 3 N–H and O–H groups in total. The van der Waals surface area contributed by atoms with Crippen molar-refractivity contribution in [3.05, 3.63) is 76.8 Å². The van der Waals surface area contributed by atoms with Crippen LogP contribution in [0.1, 0.15) is 23.7 Å². The Kier molecular flexibility index (Phi) is 8.01. The number of nitrogens with one attached hydrogen (secondary N) is 3. The summed E-state index contributed by atoms with van der Waals surface area (Å²) in [5.41, 5.74) is 1.98. The zero-order valence-electron chi connectivity index (χ0n) is 18.1. The monoisotopic (exact) mass is 448 g/mol. The zero-order valence-corrected chi connectivity index (χ0v) is 18.1. The number of aromatic nitrogens is 3. The first-order chi connectivity index (χ1) is 16.0. The predicted octanol–water partition coefficient (Wildman–Crippen LogP) is 1.20.